The predicted molar refractivity (Wildman–Crippen MR) is 92.5 cm³/mol. The summed E-state index contributed by atoms with van der Waals surface area (Å²) in [6.07, 6.45) is 4.17. The number of hydrogen-bond donors (Lipinski definition) is 0. The highest BCUT2D eigenvalue weighted by Gasteiger charge is 2.27. The van der Waals surface area contributed by atoms with Crippen molar-refractivity contribution in [3.8, 4) is 11.5 Å². The van der Waals surface area contributed by atoms with E-state index in [0.717, 1.165) is 32.5 Å². The molecule has 1 saturated heterocycles. The van der Waals surface area contributed by atoms with Crippen LogP contribution >= 0.6 is 0 Å². The average molecular weight is 317 g/mol. The summed E-state index contributed by atoms with van der Waals surface area (Å²) in [4.78, 5) is 15.2. The van der Waals surface area contributed by atoms with Crippen LogP contribution in [-0.2, 0) is 0 Å². The number of allylic oxidation sites excluding steroid dienone is 1. The van der Waals surface area contributed by atoms with Gasteiger partial charge in [0.05, 0.1) is 14.2 Å². The Hall–Kier alpha value is -1.81. The Kier molecular flexibility index (Phi) is 6.22. The first-order valence-electron chi connectivity index (χ1n) is 8.19. The maximum Gasteiger partial charge on any atom is 0.167 e. The molecule has 1 fully saturated rings. The van der Waals surface area contributed by atoms with Crippen LogP contribution in [0.15, 0.2) is 29.8 Å². The highest BCUT2D eigenvalue weighted by Crippen LogP contribution is 2.30. The molecule has 1 aliphatic rings. The Labute approximate surface area is 139 Å². The third-order valence-electron chi connectivity index (χ3n) is 4.51. The van der Waals surface area contributed by atoms with Gasteiger partial charge in [-0.3, -0.25) is 9.69 Å². The van der Waals surface area contributed by atoms with Gasteiger partial charge in [0.2, 0.25) is 0 Å². The number of carbonyl (C=O) groups excluding carboxylic acids is 1. The SMILES string of the molecule is C/C=C(\C)CN1CCC[C@H](C(=O)c2ccc(OC)c(OC)c2)C1. The summed E-state index contributed by atoms with van der Waals surface area (Å²) in [5.74, 6) is 1.52. The van der Waals surface area contributed by atoms with Gasteiger partial charge in [-0.25, -0.2) is 0 Å². The molecule has 0 spiro atoms. The van der Waals surface area contributed by atoms with Crippen molar-refractivity contribution in [2.45, 2.75) is 26.7 Å². The largest absolute Gasteiger partial charge is 0.493 e. The number of ketones is 1. The molecule has 1 heterocycles. The second-order valence-corrected chi connectivity index (χ2v) is 6.14. The Bertz CT molecular complexity index is 580. The Balaban J connectivity index is 2.10. The predicted octanol–water partition coefficient (Wildman–Crippen LogP) is 3.56. The van der Waals surface area contributed by atoms with Crippen LogP contribution < -0.4 is 9.47 Å². The van der Waals surface area contributed by atoms with Gasteiger partial charge in [-0.1, -0.05) is 11.6 Å². The van der Waals surface area contributed by atoms with E-state index in [1.54, 1.807) is 26.4 Å². The number of carbonyl (C=O) groups is 1. The summed E-state index contributed by atoms with van der Waals surface area (Å²) in [6, 6.07) is 5.42. The lowest BCUT2D eigenvalue weighted by atomic mass is 9.89. The van der Waals surface area contributed by atoms with Crippen LogP contribution in [0, 0.1) is 5.92 Å². The fraction of sp³-hybridized carbons (Fsp3) is 0.526. The van der Waals surface area contributed by atoms with E-state index in [9.17, 15) is 4.79 Å². The first kappa shape index (κ1) is 17.5. The highest BCUT2D eigenvalue weighted by atomic mass is 16.5. The molecule has 0 aliphatic carbocycles. The molecule has 0 N–H and O–H groups in total. The van der Waals surface area contributed by atoms with E-state index >= 15 is 0 Å². The van der Waals surface area contributed by atoms with Crippen molar-refractivity contribution in [3.05, 3.63) is 35.4 Å². The zero-order valence-corrected chi connectivity index (χ0v) is 14.6. The zero-order valence-electron chi connectivity index (χ0n) is 14.6. The molecule has 2 rings (SSSR count). The number of ether oxygens (including phenoxy) is 2. The van der Waals surface area contributed by atoms with Crippen LogP contribution in [0.4, 0.5) is 0 Å². The molecule has 0 saturated carbocycles. The molecule has 1 aromatic carbocycles. The van der Waals surface area contributed by atoms with Crippen LogP contribution in [0.2, 0.25) is 0 Å². The van der Waals surface area contributed by atoms with Gasteiger partial charge in [-0.15, -0.1) is 0 Å². The molecule has 0 unspecified atom stereocenters. The van der Waals surface area contributed by atoms with E-state index in [4.69, 9.17) is 9.47 Å². The van der Waals surface area contributed by atoms with E-state index < -0.39 is 0 Å². The van der Waals surface area contributed by atoms with Gasteiger partial charge in [0.25, 0.3) is 0 Å². The third-order valence-corrected chi connectivity index (χ3v) is 4.51. The molecule has 4 heteroatoms. The van der Waals surface area contributed by atoms with Gasteiger partial charge in [0.1, 0.15) is 0 Å². The molecule has 0 amide bonds. The Morgan fingerprint density at radius 2 is 2.04 bits per heavy atom. The molecule has 1 aromatic rings. The number of Topliss-reactive ketones (excluding diaryl/α,β-unsaturated/α-hetero) is 1. The van der Waals surface area contributed by atoms with Crippen LogP contribution in [0.1, 0.15) is 37.0 Å². The van der Waals surface area contributed by atoms with Gasteiger partial charge in [-0.05, 0) is 51.4 Å². The van der Waals surface area contributed by atoms with E-state index in [1.807, 2.05) is 6.07 Å². The van der Waals surface area contributed by atoms with Crippen molar-refractivity contribution < 1.29 is 14.3 Å². The lowest BCUT2D eigenvalue weighted by Gasteiger charge is -2.32. The first-order valence-corrected chi connectivity index (χ1v) is 8.19. The normalized spacial score (nSPS) is 19.5. The maximum absolute atomic E-state index is 12.8. The van der Waals surface area contributed by atoms with Crippen molar-refractivity contribution in [2.24, 2.45) is 5.92 Å². The van der Waals surface area contributed by atoms with Crippen LogP contribution in [0.25, 0.3) is 0 Å². The molecule has 0 radical (unpaired) electrons. The standard InChI is InChI=1S/C19H27NO3/c1-5-14(2)12-20-10-6-7-16(13-20)19(21)15-8-9-17(22-3)18(11-15)23-4/h5,8-9,11,16H,6-7,10,12-13H2,1-4H3/b14-5+/t16-/m0/s1. The topological polar surface area (TPSA) is 38.8 Å². The maximum atomic E-state index is 12.8. The summed E-state index contributed by atoms with van der Waals surface area (Å²) in [6.45, 7) is 7.05. The van der Waals surface area contributed by atoms with Crippen molar-refractivity contribution in [1.29, 1.82) is 0 Å². The van der Waals surface area contributed by atoms with Gasteiger partial charge in [0, 0.05) is 24.6 Å². The summed E-state index contributed by atoms with van der Waals surface area (Å²) in [5.41, 5.74) is 2.06. The lowest BCUT2D eigenvalue weighted by Crippen LogP contribution is -2.39. The van der Waals surface area contributed by atoms with E-state index in [2.05, 4.69) is 24.8 Å². The average Bonchev–Trinajstić information content (AvgIpc) is 2.60. The Morgan fingerprint density at radius 1 is 1.30 bits per heavy atom. The minimum absolute atomic E-state index is 0.0616. The van der Waals surface area contributed by atoms with E-state index in [-0.39, 0.29) is 11.7 Å². The van der Waals surface area contributed by atoms with E-state index in [1.165, 1.54) is 5.57 Å². The van der Waals surface area contributed by atoms with Crippen molar-refractivity contribution >= 4 is 5.78 Å². The third kappa shape index (κ3) is 4.35. The van der Waals surface area contributed by atoms with Gasteiger partial charge in [0.15, 0.2) is 17.3 Å². The molecule has 0 aromatic heterocycles. The molecule has 1 atom stereocenters. The lowest BCUT2D eigenvalue weighted by molar-refractivity contribution is 0.0828. The summed E-state index contributed by atoms with van der Waals surface area (Å²) in [7, 11) is 3.19. The molecular weight excluding hydrogens is 290 g/mol. The second-order valence-electron chi connectivity index (χ2n) is 6.14. The number of piperidine rings is 1. The highest BCUT2D eigenvalue weighted by molar-refractivity contribution is 5.98. The molecule has 1 aliphatic heterocycles. The summed E-state index contributed by atoms with van der Waals surface area (Å²) in [5, 5.41) is 0. The molecule has 0 bridgehead atoms. The number of rotatable bonds is 6. The van der Waals surface area contributed by atoms with Crippen LogP contribution in [0.5, 0.6) is 11.5 Å². The van der Waals surface area contributed by atoms with Gasteiger partial charge < -0.3 is 9.47 Å². The monoisotopic (exact) mass is 317 g/mol. The number of hydrogen-bond acceptors (Lipinski definition) is 4. The molecule has 126 valence electrons. The smallest absolute Gasteiger partial charge is 0.167 e. The van der Waals surface area contributed by atoms with E-state index in [0.29, 0.717) is 17.1 Å². The first-order chi connectivity index (χ1) is 11.1. The summed E-state index contributed by atoms with van der Waals surface area (Å²) >= 11 is 0. The van der Waals surface area contributed by atoms with Crippen molar-refractivity contribution in [1.82, 2.24) is 4.90 Å². The number of methoxy groups -OCH3 is 2. The molecular formula is C19H27NO3. The van der Waals surface area contributed by atoms with Crippen molar-refractivity contribution in [3.63, 3.8) is 0 Å². The second kappa shape index (κ2) is 8.16. The minimum atomic E-state index is 0.0616. The minimum Gasteiger partial charge on any atom is -0.493 e. The molecule has 4 nitrogen and oxygen atoms in total. The molecule has 23 heavy (non-hydrogen) atoms. The van der Waals surface area contributed by atoms with Crippen LogP contribution in [0.3, 0.4) is 0 Å². The van der Waals surface area contributed by atoms with Gasteiger partial charge >= 0.3 is 0 Å². The zero-order chi connectivity index (χ0) is 16.8. The van der Waals surface area contributed by atoms with Crippen LogP contribution in [-0.4, -0.2) is 44.5 Å². The fourth-order valence-electron chi connectivity index (χ4n) is 3.08. The summed E-state index contributed by atoms with van der Waals surface area (Å²) < 4.78 is 10.5. The van der Waals surface area contributed by atoms with Crippen molar-refractivity contribution in [2.75, 3.05) is 33.9 Å². The quantitative estimate of drug-likeness (QED) is 0.594. The number of benzene rings is 1. The number of likely N-dealkylation sites (tertiary alicyclic amines) is 1. The fourth-order valence-corrected chi connectivity index (χ4v) is 3.08. The van der Waals surface area contributed by atoms with Gasteiger partial charge in [-0.2, -0.15) is 0 Å². The number of nitrogens with zero attached hydrogens (tertiary/aromatic N) is 1. The Morgan fingerprint density at radius 3 is 2.70 bits per heavy atom.